The van der Waals surface area contributed by atoms with Crippen molar-refractivity contribution in [1.29, 1.82) is 0 Å². The highest BCUT2D eigenvalue weighted by Gasteiger charge is 2.07. The molecule has 0 atom stereocenters. The van der Waals surface area contributed by atoms with Gasteiger partial charge in [-0.3, -0.25) is 4.79 Å². The van der Waals surface area contributed by atoms with Crippen LogP contribution in [-0.4, -0.2) is 28.6 Å². The van der Waals surface area contributed by atoms with Crippen LogP contribution in [0.15, 0.2) is 0 Å². The molecule has 7 heteroatoms. The van der Waals surface area contributed by atoms with Crippen LogP contribution in [0, 0.1) is 0 Å². The molecule has 0 saturated heterocycles. The summed E-state index contributed by atoms with van der Waals surface area (Å²) in [5.41, 5.74) is 0. The van der Waals surface area contributed by atoms with E-state index in [9.17, 15) is 4.79 Å². The van der Waals surface area contributed by atoms with Crippen molar-refractivity contribution >= 4 is 34.0 Å². The molecule has 0 radical (unpaired) electrons. The van der Waals surface area contributed by atoms with Gasteiger partial charge < -0.3 is 10.1 Å². The Morgan fingerprint density at radius 2 is 2.40 bits per heavy atom. The standard InChI is InChI=1S/C8H12ClN3O2S/c1-2-14-5-7-11-12-8(15-7)10-6(13)3-4-9/h2-5H2,1H3,(H,10,12,13). The van der Waals surface area contributed by atoms with Gasteiger partial charge in [0.05, 0.1) is 0 Å². The Labute approximate surface area is 96.8 Å². The summed E-state index contributed by atoms with van der Waals surface area (Å²) in [6, 6.07) is 0. The first kappa shape index (κ1) is 12.4. The van der Waals surface area contributed by atoms with E-state index in [4.69, 9.17) is 16.3 Å². The Hall–Kier alpha value is -0.720. The molecule has 0 aromatic carbocycles. The smallest absolute Gasteiger partial charge is 0.227 e. The van der Waals surface area contributed by atoms with Gasteiger partial charge in [0.2, 0.25) is 11.0 Å². The third-order valence-electron chi connectivity index (χ3n) is 1.46. The lowest BCUT2D eigenvalue weighted by atomic mass is 10.5. The molecule has 1 amide bonds. The van der Waals surface area contributed by atoms with Crippen LogP contribution >= 0.6 is 22.9 Å². The van der Waals surface area contributed by atoms with Crippen molar-refractivity contribution in [2.75, 3.05) is 17.8 Å². The number of carbonyl (C=O) groups is 1. The molecule has 0 aliphatic heterocycles. The molecular formula is C8H12ClN3O2S. The van der Waals surface area contributed by atoms with E-state index in [0.29, 0.717) is 24.2 Å². The molecule has 0 unspecified atom stereocenters. The Kier molecular flexibility index (Phi) is 5.52. The summed E-state index contributed by atoms with van der Waals surface area (Å²) in [7, 11) is 0. The van der Waals surface area contributed by atoms with Crippen LogP contribution in [0.2, 0.25) is 0 Å². The first-order valence-electron chi connectivity index (χ1n) is 4.52. The fourth-order valence-electron chi connectivity index (χ4n) is 0.819. The Morgan fingerprint density at radius 1 is 1.60 bits per heavy atom. The Morgan fingerprint density at radius 3 is 3.07 bits per heavy atom. The van der Waals surface area contributed by atoms with E-state index < -0.39 is 0 Å². The van der Waals surface area contributed by atoms with E-state index in [2.05, 4.69) is 15.5 Å². The van der Waals surface area contributed by atoms with Gasteiger partial charge in [0.25, 0.3) is 0 Å². The number of hydrogen-bond donors (Lipinski definition) is 1. The van der Waals surface area contributed by atoms with Crippen molar-refractivity contribution in [1.82, 2.24) is 10.2 Å². The van der Waals surface area contributed by atoms with E-state index in [1.165, 1.54) is 11.3 Å². The second kappa shape index (κ2) is 6.71. The number of nitrogens with zero attached hydrogens (tertiary/aromatic N) is 2. The number of ether oxygens (including phenoxy) is 1. The van der Waals surface area contributed by atoms with E-state index >= 15 is 0 Å². The highest BCUT2D eigenvalue weighted by Crippen LogP contribution is 2.15. The number of amides is 1. The van der Waals surface area contributed by atoms with Crippen LogP contribution in [0.3, 0.4) is 0 Å². The topological polar surface area (TPSA) is 64.1 Å². The summed E-state index contributed by atoms with van der Waals surface area (Å²) >= 11 is 6.73. The zero-order valence-corrected chi connectivity index (χ0v) is 9.90. The molecule has 1 heterocycles. The molecule has 0 bridgehead atoms. The van der Waals surface area contributed by atoms with Crippen LogP contribution in [0.4, 0.5) is 5.13 Å². The Balaban J connectivity index is 2.42. The van der Waals surface area contributed by atoms with Gasteiger partial charge in [0, 0.05) is 18.9 Å². The predicted molar refractivity (Wildman–Crippen MR) is 59.2 cm³/mol. The van der Waals surface area contributed by atoms with E-state index in [1.54, 1.807) is 0 Å². The average molecular weight is 250 g/mol. The molecule has 1 rings (SSSR count). The molecular weight excluding hydrogens is 238 g/mol. The van der Waals surface area contributed by atoms with Crippen molar-refractivity contribution in [3.8, 4) is 0 Å². The summed E-state index contributed by atoms with van der Waals surface area (Å²) < 4.78 is 5.16. The maximum Gasteiger partial charge on any atom is 0.227 e. The predicted octanol–water partition coefficient (Wildman–Crippen LogP) is 1.64. The van der Waals surface area contributed by atoms with Crippen LogP contribution < -0.4 is 5.32 Å². The minimum Gasteiger partial charge on any atom is -0.374 e. The highest BCUT2D eigenvalue weighted by molar-refractivity contribution is 7.15. The van der Waals surface area contributed by atoms with E-state index in [-0.39, 0.29) is 12.3 Å². The number of rotatable bonds is 6. The molecule has 5 nitrogen and oxygen atoms in total. The van der Waals surface area contributed by atoms with Gasteiger partial charge in [-0.2, -0.15) is 0 Å². The lowest BCUT2D eigenvalue weighted by Gasteiger charge is -1.96. The number of aromatic nitrogens is 2. The summed E-state index contributed by atoms with van der Waals surface area (Å²) in [5, 5.41) is 11.5. The van der Waals surface area contributed by atoms with Crippen LogP contribution in [0.1, 0.15) is 18.4 Å². The number of nitrogens with one attached hydrogen (secondary N) is 1. The van der Waals surface area contributed by atoms with Crippen LogP contribution in [0.5, 0.6) is 0 Å². The van der Waals surface area contributed by atoms with E-state index in [1.807, 2.05) is 6.92 Å². The van der Waals surface area contributed by atoms with Crippen molar-refractivity contribution in [3.05, 3.63) is 5.01 Å². The van der Waals surface area contributed by atoms with Gasteiger partial charge in [-0.1, -0.05) is 11.3 Å². The molecule has 0 saturated carbocycles. The van der Waals surface area contributed by atoms with Crippen molar-refractivity contribution < 1.29 is 9.53 Å². The quantitative estimate of drug-likeness (QED) is 0.779. The monoisotopic (exact) mass is 249 g/mol. The zero-order chi connectivity index (χ0) is 11.1. The minimum absolute atomic E-state index is 0.149. The number of anilines is 1. The molecule has 0 aliphatic rings. The molecule has 15 heavy (non-hydrogen) atoms. The molecule has 0 spiro atoms. The second-order valence-electron chi connectivity index (χ2n) is 2.63. The maximum atomic E-state index is 11.1. The summed E-state index contributed by atoms with van der Waals surface area (Å²) in [6.45, 7) is 2.97. The number of hydrogen-bond acceptors (Lipinski definition) is 5. The van der Waals surface area contributed by atoms with Gasteiger partial charge in [0.1, 0.15) is 11.6 Å². The molecule has 0 fully saturated rings. The minimum atomic E-state index is -0.149. The fraction of sp³-hybridized carbons (Fsp3) is 0.625. The summed E-state index contributed by atoms with van der Waals surface area (Å²) in [4.78, 5) is 11.1. The summed E-state index contributed by atoms with van der Waals surface area (Å²) in [6.07, 6.45) is 0.280. The second-order valence-corrected chi connectivity index (χ2v) is 4.07. The van der Waals surface area contributed by atoms with Crippen molar-refractivity contribution in [2.45, 2.75) is 20.0 Å². The molecule has 1 aromatic heterocycles. The number of halogens is 1. The molecule has 1 N–H and O–H groups in total. The fourth-order valence-corrected chi connectivity index (χ4v) is 1.68. The zero-order valence-electron chi connectivity index (χ0n) is 8.33. The Bertz CT molecular complexity index is 319. The summed E-state index contributed by atoms with van der Waals surface area (Å²) in [5.74, 6) is 0.153. The molecule has 1 aromatic rings. The highest BCUT2D eigenvalue weighted by atomic mass is 35.5. The number of carbonyl (C=O) groups excluding carboxylic acids is 1. The van der Waals surface area contributed by atoms with E-state index in [0.717, 1.165) is 5.01 Å². The van der Waals surface area contributed by atoms with Gasteiger partial charge in [-0.15, -0.1) is 21.8 Å². The molecule has 0 aliphatic carbocycles. The first-order chi connectivity index (χ1) is 7.26. The van der Waals surface area contributed by atoms with Crippen molar-refractivity contribution in [3.63, 3.8) is 0 Å². The van der Waals surface area contributed by atoms with Gasteiger partial charge in [0.15, 0.2) is 0 Å². The normalized spacial score (nSPS) is 10.3. The van der Waals surface area contributed by atoms with Gasteiger partial charge in [-0.25, -0.2) is 0 Å². The molecule has 84 valence electrons. The third-order valence-corrected chi connectivity index (χ3v) is 2.47. The average Bonchev–Trinajstić information content (AvgIpc) is 2.63. The lowest BCUT2D eigenvalue weighted by Crippen LogP contribution is -2.11. The first-order valence-corrected chi connectivity index (χ1v) is 5.87. The largest absolute Gasteiger partial charge is 0.374 e. The van der Waals surface area contributed by atoms with Crippen LogP contribution in [0.25, 0.3) is 0 Å². The van der Waals surface area contributed by atoms with Gasteiger partial charge >= 0.3 is 0 Å². The lowest BCUT2D eigenvalue weighted by molar-refractivity contribution is -0.115. The SMILES string of the molecule is CCOCc1nnc(NC(=O)CCCl)s1. The van der Waals surface area contributed by atoms with Crippen LogP contribution in [-0.2, 0) is 16.1 Å². The third kappa shape index (κ3) is 4.55. The maximum absolute atomic E-state index is 11.1. The van der Waals surface area contributed by atoms with Gasteiger partial charge in [-0.05, 0) is 6.92 Å². The van der Waals surface area contributed by atoms with Crippen molar-refractivity contribution in [2.24, 2.45) is 0 Å². The number of alkyl halides is 1.